The molecule has 7 heteroatoms. The molecule has 1 unspecified atom stereocenters. The van der Waals surface area contributed by atoms with Gasteiger partial charge in [0.25, 0.3) is 11.2 Å². The summed E-state index contributed by atoms with van der Waals surface area (Å²) in [6.45, 7) is 6.75. The molecule has 2 N–H and O–H groups in total. The van der Waals surface area contributed by atoms with Gasteiger partial charge in [-0.15, -0.1) is 0 Å². The van der Waals surface area contributed by atoms with Crippen LogP contribution in [0.25, 0.3) is 0 Å². The van der Waals surface area contributed by atoms with Gasteiger partial charge in [0, 0.05) is 18.2 Å². The Hall–Kier alpha value is -1.73. The number of aliphatic hydroxyl groups excluding tert-OH is 1. The largest absolute Gasteiger partial charge is 0.390 e. The molecule has 0 bridgehead atoms. The van der Waals surface area contributed by atoms with Gasteiger partial charge in [0.15, 0.2) is 0 Å². The van der Waals surface area contributed by atoms with E-state index in [1.807, 2.05) is 13.8 Å². The molecule has 0 radical (unpaired) electrons. The van der Waals surface area contributed by atoms with Crippen LogP contribution >= 0.6 is 0 Å². The maximum atomic E-state index is 11.7. The highest BCUT2D eigenvalue weighted by molar-refractivity contribution is 5.35. The molecule has 0 saturated heterocycles. The van der Waals surface area contributed by atoms with Crippen molar-refractivity contribution < 1.29 is 10.0 Å². The topological polar surface area (TPSA) is 97.4 Å². The van der Waals surface area contributed by atoms with Gasteiger partial charge in [-0.25, -0.2) is 0 Å². The van der Waals surface area contributed by atoms with Crippen molar-refractivity contribution in [3.63, 3.8) is 0 Å². The summed E-state index contributed by atoms with van der Waals surface area (Å²) in [6, 6.07) is 1.21. The summed E-state index contributed by atoms with van der Waals surface area (Å²) in [5.41, 5.74) is -0.147. The second-order valence-electron chi connectivity index (χ2n) is 5.30. The van der Waals surface area contributed by atoms with Gasteiger partial charge < -0.3 is 15.0 Å². The zero-order chi connectivity index (χ0) is 15.3. The molecule has 0 saturated carbocycles. The van der Waals surface area contributed by atoms with Crippen molar-refractivity contribution in [3.05, 3.63) is 38.3 Å². The number of aliphatic hydroxyl groups is 1. The van der Waals surface area contributed by atoms with Crippen LogP contribution < -0.4 is 10.9 Å². The van der Waals surface area contributed by atoms with E-state index in [0.717, 1.165) is 6.54 Å². The average molecular weight is 283 g/mol. The Balaban J connectivity index is 2.74. The smallest absolute Gasteiger partial charge is 0.288 e. The second kappa shape index (κ2) is 7.16. The van der Waals surface area contributed by atoms with Crippen molar-refractivity contribution in [1.29, 1.82) is 0 Å². The molecule has 0 aliphatic rings. The Bertz CT molecular complexity index is 525. The van der Waals surface area contributed by atoms with Gasteiger partial charge in [0.05, 0.1) is 23.8 Å². The maximum absolute atomic E-state index is 11.7. The third-order valence-electron chi connectivity index (χ3n) is 2.84. The number of hydrogen-bond acceptors (Lipinski definition) is 5. The molecule has 1 heterocycles. The molecule has 1 atom stereocenters. The summed E-state index contributed by atoms with van der Waals surface area (Å²) in [7, 11) is 0. The van der Waals surface area contributed by atoms with Crippen LogP contribution in [0.2, 0.25) is 0 Å². The number of pyridine rings is 1. The lowest BCUT2D eigenvalue weighted by molar-refractivity contribution is -0.386. The molecule has 0 aliphatic carbocycles. The molecular formula is C13H21N3O4. The highest BCUT2D eigenvalue weighted by Crippen LogP contribution is 2.14. The molecule has 20 heavy (non-hydrogen) atoms. The first-order valence-electron chi connectivity index (χ1n) is 6.55. The maximum Gasteiger partial charge on any atom is 0.288 e. The summed E-state index contributed by atoms with van der Waals surface area (Å²) in [4.78, 5) is 22.0. The van der Waals surface area contributed by atoms with E-state index in [4.69, 9.17) is 0 Å². The first-order chi connectivity index (χ1) is 9.31. The Kier molecular flexibility index (Phi) is 5.84. The van der Waals surface area contributed by atoms with Gasteiger partial charge in [-0.3, -0.25) is 14.9 Å². The summed E-state index contributed by atoms with van der Waals surface area (Å²) in [5, 5.41) is 23.8. The standard InChI is InChI=1S/C13H21N3O4/c1-9(2)5-14-6-11(17)7-15-8-12(16(19)20)10(3)4-13(15)18/h4,8-9,11,14,17H,5-7H2,1-3H3. The summed E-state index contributed by atoms with van der Waals surface area (Å²) >= 11 is 0. The number of nitro groups is 1. The molecule has 0 fully saturated rings. The molecule has 1 rings (SSSR count). The fraction of sp³-hybridized carbons (Fsp3) is 0.615. The predicted molar refractivity (Wildman–Crippen MR) is 75.8 cm³/mol. The quantitative estimate of drug-likeness (QED) is 0.566. The van der Waals surface area contributed by atoms with E-state index in [0.29, 0.717) is 18.0 Å². The van der Waals surface area contributed by atoms with E-state index in [9.17, 15) is 20.0 Å². The van der Waals surface area contributed by atoms with Crippen molar-refractivity contribution in [2.24, 2.45) is 5.92 Å². The van der Waals surface area contributed by atoms with Crippen molar-refractivity contribution in [2.45, 2.75) is 33.4 Å². The Morgan fingerprint density at radius 3 is 2.65 bits per heavy atom. The molecule has 0 aliphatic heterocycles. The van der Waals surface area contributed by atoms with Crippen LogP contribution in [0.4, 0.5) is 5.69 Å². The van der Waals surface area contributed by atoms with E-state index in [2.05, 4.69) is 5.32 Å². The summed E-state index contributed by atoms with van der Waals surface area (Å²) in [5.74, 6) is 0.463. The zero-order valence-electron chi connectivity index (χ0n) is 12.0. The first kappa shape index (κ1) is 16.3. The van der Waals surface area contributed by atoms with Crippen LogP contribution in [-0.4, -0.2) is 33.8 Å². The summed E-state index contributed by atoms with van der Waals surface area (Å²) in [6.07, 6.45) is 0.414. The number of aryl methyl sites for hydroxylation is 1. The Labute approximate surface area is 117 Å². The predicted octanol–water partition coefficient (Wildman–Crippen LogP) is 0.671. The van der Waals surface area contributed by atoms with Crippen LogP contribution in [0.1, 0.15) is 19.4 Å². The van der Waals surface area contributed by atoms with E-state index in [1.165, 1.54) is 23.8 Å². The highest BCUT2D eigenvalue weighted by Gasteiger charge is 2.15. The minimum absolute atomic E-state index is 0.0328. The van der Waals surface area contributed by atoms with Gasteiger partial charge in [0.1, 0.15) is 0 Å². The lowest BCUT2D eigenvalue weighted by Gasteiger charge is -2.14. The number of aromatic nitrogens is 1. The third kappa shape index (κ3) is 4.75. The Morgan fingerprint density at radius 1 is 1.45 bits per heavy atom. The van der Waals surface area contributed by atoms with Crippen LogP contribution in [0.15, 0.2) is 17.1 Å². The second-order valence-corrected chi connectivity index (χ2v) is 5.30. The van der Waals surface area contributed by atoms with Crippen LogP contribution in [0.5, 0.6) is 0 Å². The lowest BCUT2D eigenvalue weighted by atomic mass is 10.2. The summed E-state index contributed by atoms with van der Waals surface area (Å²) < 4.78 is 1.17. The van der Waals surface area contributed by atoms with Gasteiger partial charge in [-0.1, -0.05) is 13.8 Å². The Morgan fingerprint density at radius 2 is 2.10 bits per heavy atom. The number of nitrogens with zero attached hydrogens (tertiary/aromatic N) is 2. The highest BCUT2D eigenvalue weighted by atomic mass is 16.6. The monoisotopic (exact) mass is 283 g/mol. The van der Waals surface area contributed by atoms with E-state index in [1.54, 1.807) is 0 Å². The fourth-order valence-corrected chi connectivity index (χ4v) is 1.82. The van der Waals surface area contributed by atoms with Gasteiger partial charge in [-0.2, -0.15) is 0 Å². The van der Waals surface area contributed by atoms with E-state index in [-0.39, 0.29) is 17.8 Å². The first-order valence-corrected chi connectivity index (χ1v) is 6.55. The normalized spacial score (nSPS) is 12.7. The van der Waals surface area contributed by atoms with Crippen molar-refractivity contribution in [1.82, 2.24) is 9.88 Å². The number of hydrogen-bond donors (Lipinski definition) is 2. The third-order valence-corrected chi connectivity index (χ3v) is 2.84. The van der Waals surface area contributed by atoms with Crippen LogP contribution in [-0.2, 0) is 6.54 Å². The SMILES string of the molecule is Cc1cc(=O)n(CC(O)CNCC(C)C)cc1[N+](=O)[O-]. The molecule has 1 aromatic rings. The van der Waals surface area contributed by atoms with E-state index >= 15 is 0 Å². The molecule has 1 aromatic heterocycles. The molecular weight excluding hydrogens is 262 g/mol. The molecule has 0 amide bonds. The fourth-order valence-electron chi connectivity index (χ4n) is 1.82. The van der Waals surface area contributed by atoms with Gasteiger partial charge in [-0.05, 0) is 19.4 Å². The minimum atomic E-state index is -0.770. The molecule has 7 nitrogen and oxygen atoms in total. The lowest BCUT2D eigenvalue weighted by Crippen LogP contribution is -2.35. The number of rotatable bonds is 7. The zero-order valence-corrected chi connectivity index (χ0v) is 12.0. The van der Waals surface area contributed by atoms with Crippen molar-refractivity contribution in [3.8, 4) is 0 Å². The van der Waals surface area contributed by atoms with Crippen LogP contribution in [0, 0.1) is 23.0 Å². The molecule has 0 spiro atoms. The number of nitrogens with one attached hydrogen (secondary N) is 1. The average Bonchev–Trinajstić information content (AvgIpc) is 2.31. The van der Waals surface area contributed by atoms with Crippen molar-refractivity contribution in [2.75, 3.05) is 13.1 Å². The van der Waals surface area contributed by atoms with Crippen molar-refractivity contribution >= 4 is 5.69 Å². The van der Waals surface area contributed by atoms with Gasteiger partial charge in [0.2, 0.25) is 0 Å². The molecule has 112 valence electrons. The van der Waals surface area contributed by atoms with E-state index < -0.39 is 11.0 Å². The van der Waals surface area contributed by atoms with Crippen LogP contribution in [0.3, 0.4) is 0 Å². The van der Waals surface area contributed by atoms with Gasteiger partial charge >= 0.3 is 0 Å². The minimum Gasteiger partial charge on any atom is -0.390 e. The molecule has 0 aromatic carbocycles.